The summed E-state index contributed by atoms with van der Waals surface area (Å²) in [7, 11) is 0. The first kappa shape index (κ1) is 14.1. The van der Waals surface area contributed by atoms with Crippen LogP contribution in [0.25, 0.3) is 10.8 Å². The molecule has 2 rings (SSSR count). The molecule has 4 nitrogen and oxygen atoms in total. The molecule has 106 valence electrons. The molecule has 0 atom stereocenters. The van der Waals surface area contributed by atoms with E-state index in [2.05, 4.69) is 0 Å². The monoisotopic (exact) mass is 284 g/mol. The van der Waals surface area contributed by atoms with Gasteiger partial charge in [-0.15, -0.1) is 0 Å². The van der Waals surface area contributed by atoms with Gasteiger partial charge in [0.15, 0.2) is 0 Å². The maximum atomic E-state index is 12.5. The van der Waals surface area contributed by atoms with Crippen LogP contribution in [0.15, 0.2) is 29.1 Å². The van der Waals surface area contributed by atoms with Gasteiger partial charge in [0.2, 0.25) is 0 Å². The number of aryl methyl sites for hydroxylation is 1. The van der Waals surface area contributed by atoms with Crippen LogP contribution >= 0.6 is 0 Å². The largest absolute Gasteiger partial charge is 0.406 e. The summed E-state index contributed by atoms with van der Waals surface area (Å²) in [5, 5.41) is 0.507. The first-order valence-corrected chi connectivity index (χ1v) is 5.70. The van der Waals surface area contributed by atoms with Crippen LogP contribution in [0.5, 0.6) is 0 Å². The Kier molecular flexibility index (Phi) is 3.29. The first-order chi connectivity index (χ1) is 9.19. The van der Waals surface area contributed by atoms with E-state index in [0.717, 1.165) is 5.56 Å². The fourth-order valence-corrected chi connectivity index (χ4v) is 2.00. The predicted octanol–water partition coefficient (Wildman–Crippen LogP) is 1.97. The van der Waals surface area contributed by atoms with Crippen molar-refractivity contribution in [2.24, 2.45) is 5.73 Å². The third kappa shape index (κ3) is 2.66. The van der Waals surface area contributed by atoms with Crippen molar-refractivity contribution in [1.82, 2.24) is 4.57 Å². The van der Waals surface area contributed by atoms with Gasteiger partial charge in [-0.25, -0.2) is 0 Å². The number of nitrogens with two attached hydrogens (primary N) is 1. The molecule has 1 heterocycles. The SMILES string of the molecule is Cc1ccc2cc(C(N)=O)n(CC(F)(F)F)c(=O)c2c1. The van der Waals surface area contributed by atoms with Crippen molar-refractivity contribution >= 4 is 16.7 Å². The van der Waals surface area contributed by atoms with Gasteiger partial charge < -0.3 is 5.73 Å². The summed E-state index contributed by atoms with van der Waals surface area (Å²) >= 11 is 0. The summed E-state index contributed by atoms with van der Waals surface area (Å²) in [6, 6.07) is 5.94. The maximum Gasteiger partial charge on any atom is 0.406 e. The molecule has 0 aliphatic carbocycles. The molecule has 0 aliphatic heterocycles. The van der Waals surface area contributed by atoms with Crippen molar-refractivity contribution in [2.45, 2.75) is 19.6 Å². The van der Waals surface area contributed by atoms with Crippen LogP contribution in [0, 0.1) is 6.92 Å². The summed E-state index contributed by atoms with van der Waals surface area (Å²) in [5.41, 5.74) is 4.46. The molecule has 0 aliphatic rings. The van der Waals surface area contributed by atoms with Gasteiger partial charge in [-0.05, 0) is 24.4 Å². The number of alkyl halides is 3. The number of nitrogens with zero attached hydrogens (tertiary/aromatic N) is 1. The third-order valence-corrected chi connectivity index (χ3v) is 2.86. The molecular formula is C13H11F3N2O2. The fourth-order valence-electron chi connectivity index (χ4n) is 2.00. The van der Waals surface area contributed by atoms with E-state index >= 15 is 0 Å². The number of amides is 1. The number of carbonyl (C=O) groups excluding carboxylic acids is 1. The molecule has 0 fully saturated rings. The van der Waals surface area contributed by atoms with E-state index in [-0.39, 0.29) is 5.39 Å². The normalized spacial score (nSPS) is 11.8. The van der Waals surface area contributed by atoms with Crippen LogP contribution in [0.2, 0.25) is 0 Å². The number of aromatic nitrogens is 1. The molecule has 0 saturated carbocycles. The van der Waals surface area contributed by atoms with Gasteiger partial charge in [-0.3, -0.25) is 14.2 Å². The van der Waals surface area contributed by atoms with E-state index in [9.17, 15) is 22.8 Å². The summed E-state index contributed by atoms with van der Waals surface area (Å²) in [4.78, 5) is 23.4. The van der Waals surface area contributed by atoms with Gasteiger partial charge in [-0.2, -0.15) is 13.2 Å². The molecule has 7 heteroatoms. The Morgan fingerprint density at radius 1 is 1.30 bits per heavy atom. The molecule has 0 saturated heterocycles. The average Bonchev–Trinajstić information content (AvgIpc) is 2.31. The lowest BCUT2D eigenvalue weighted by Gasteiger charge is -2.14. The minimum absolute atomic E-state index is 0.124. The van der Waals surface area contributed by atoms with Gasteiger partial charge in [0.25, 0.3) is 11.5 Å². The highest BCUT2D eigenvalue weighted by atomic mass is 19.4. The molecule has 0 spiro atoms. The number of halogens is 3. The van der Waals surface area contributed by atoms with Gasteiger partial charge in [-0.1, -0.05) is 17.7 Å². The van der Waals surface area contributed by atoms with Crippen LogP contribution in [0.3, 0.4) is 0 Å². The molecule has 0 bridgehead atoms. The Morgan fingerprint density at radius 2 is 1.95 bits per heavy atom. The molecule has 1 amide bonds. The van der Waals surface area contributed by atoms with Crippen LogP contribution < -0.4 is 11.3 Å². The number of pyridine rings is 1. The highest BCUT2D eigenvalue weighted by Gasteiger charge is 2.30. The summed E-state index contributed by atoms with van der Waals surface area (Å²) in [5.74, 6) is -1.08. The van der Waals surface area contributed by atoms with E-state index in [1.54, 1.807) is 19.1 Å². The zero-order valence-electron chi connectivity index (χ0n) is 10.5. The van der Waals surface area contributed by atoms with Crippen molar-refractivity contribution in [3.05, 3.63) is 45.9 Å². The smallest absolute Gasteiger partial charge is 0.364 e. The zero-order valence-corrected chi connectivity index (χ0v) is 10.5. The Bertz CT molecular complexity index is 748. The Labute approximate surface area is 111 Å². The van der Waals surface area contributed by atoms with Crippen LogP contribution in [0.4, 0.5) is 13.2 Å². The standard InChI is InChI=1S/C13H11F3N2O2/c1-7-2-3-8-5-10(11(17)19)18(6-13(14,15)16)12(20)9(8)4-7/h2-5H,6H2,1H3,(H2,17,19). The fraction of sp³-hybridized carbons (Fsp3) is 0.231. The molecular weight excluding hydrogens is 273 g/mol. The second-order valence-electron chi connectivity index (χ2n) is 4.49. The summed E-state index contributed by atoms with van der Waals surface area (Å²) < 4.78 is 38.0. The van der Waals surface area contributed by atoms with Crippen molar-refractivity contribution in [1.29, 1.82) is 0 Å². The van der Waals surface area contributed by atoms with Crippen molar-refractivity contribution in [3.63, 3.8) is 0 Å². The molecule has 0 radical (unpaired) electrons. The van der Waals surface area contributed by atoms with Crippen molar-refractivity contribution in [2.75, 3.05) is 0 Å². The number of hydrogen-bond donors (Lipinski definition) is 1. The lowest BCUT2D eigenvalue weighted by Crippen LogP contribution is -2.34. The minimum atomic E-state index is -4.62. The van der Waals surface area contributed by atoms with Crippen LogP contribution in [-0.2, 0) is 6.54 Å². The topological polar surface area (TPSA) is 65.1 Å². The van der Waals surface area contributed by atoms with E-state index < -0.39 is 29.9 Å². The first-order valence-electron chi connectivity index (χ1n) is 5.70. The van der Waals surface area contributed by atoms with Crippen LogP contribution in [0.1, 0.15) is 16.1 Å². The lowest BCUT2D eigenvalue weighted by atomic mass is 10.1. The second kappa shape index (κ2) is 4.66. The highest BCUT2D eigenvalue weighted by Crippen LogP contribution is 2.20. The highest BCUT2D eigenvalue weighted by molar-refractivity contribution is 5.95. The van der Waals surface area contributed by atoms with E-state index in [1.165, 1.54) is 12.1 Å². The number of hydrogen-bond acceptors (Lipinski definition) is 2. The van der Waals surface area contributed by atoms with Crippen molar-refractivity contribution in [3.8, 4) is 0 Å². The van der Waals surface area contributed by atoms with Crippen molar-refractivity contribution < 1.29 is 18.0 Å². The molecule has 20 heavy (non-hydrogen) atoms. The number of rotatable bonds is 2. The third-order valence-electron chi connectivity index (χ3n) is 2.86. The van der Waals surface area contributed by atoms with Crippen LogP contribution in [-0.4, -0.2) is 16.7 Å². The number of benzene rings is 1. The number of fused-ring (bicyclic) bond motifs is 1. The Morgan fingerprint density at radius 3 is 2.50 bits per heavy atom. The Balaban J connectivity index is 2.82. The average molecular weight is 284 g/mol. The quantitative estimate of drug-likeness (QED) is 0.916. The lowest BCUT2D eigenvalue weighted by molar-refractivity contribution is -0.141. The number of carbonyl (C=O) groups is 1. The molecule has 1 aromatic heterocycles. The summed E-state index contributed by atoms with van der Waals surface area (Å²) in [6.07, 6.45) is -4.62. The Hall–Kier alpha value is -2.31. The summed E-state index contributed by atoms with van der Waals surface area (Å²) in [6.45, 7) is 0.170. The molecule has 0 unspecified atom stereocenters. The van der Waals surface area contributed by atoms with E-state index in [0.29, 0.717) is 9.95 Å². The zero-order chi connectivity index (χ0) is 15.1. The van der Waals surface area contributed by atoms with E-state index in [1.807, 2.05) is 0 Å². The molecule has 1 aromatic carbocycles. The van der Waals surface area contributed by atoms with Gasteiger partial charge in [0.1, 0.15) is 12.2 Å². The van der Waals surface area contributed by atoms with Gasteiger partial charge in [0.05, 0.1) is 0 Å². The van der Waals surface area contributed by atoms with Gasteiger partial charge >= 0.3 is 6.18 Å². The van der Waals surface area contributed by atoms with E-state index in [4.69, 9.17) is 5.73 Å². The predicted molar refractivity (Wildman–Crippen MR) is 67.5 cm³/mol. The second-order valence-corrected chi connectivity index (χ2v) is 4.49. The molecule has 2 aromatic rings. The minimum Gasteiger partial charge on any atom is -0.364 e. The molecule has 2 N–H and O–H groups in total. The number of primary amides is 1. The maximum absolute atomic E-state index is 12.5. The van der Waals surface area contributed by atoms with Gasteiger partial charge in [0, 0.05) is 5.39 Å².